The molecular weight excluding hydrogens is 337 g/mol. The van der Waals surface area contributed by atoms with Crippen molar-refractivity contribution in [1.29, 1.82) is 0 Å². The van der Waals surface area contributed by atoms with Crippen LogP contribution in [-0.2, 0) is 0 Å². The summed E-state index contributed by atoms with van der Waals surface area (Å²) in [5.41, 5.74) is 0.888. The Balaban J connectivity index is 1.55. The van der Waals surface area contributed by atoms with E-state index in [4.69, 9.17) is 0 Å². The molecule has 1 amide bonds. The number of carbonyl (C=O) groups excluding carboxylic acids is 1. The molecule has 26 heavy (non-hydrogen) atoms. The molecule has 0 aliphatic carbocycles. The first-order valence-electron chi connectivity index (χ1n) is 8.21. The van der Waals surface area contributed by atoms with Gasteiger partial charge in [-0.25, -0.2) is 14.4 Å². The number of aromatic nitrogens is 3. The molecule has 1 aromatic carbocycles. The first kappa shape index (κ1) is 16.3. The van der Waals surface area contributed by atoms with Gasteiger partial charge in [-0.1, -0.05) is 6.07 Å². The van der Waals surface area contributed by atoms with Gasteiger partial charge >= 0.3 is 0 Å². The van der Waals surface area contributed by atoms with E-state index < -0.39 is 11.7 Å². The van der Waals surface area contributed by atoms with Gasteiger partial charge in [-0.2, -0.15) is 0 Å². The van der Waals surface area contributed by atoms with E-state index in [2.05, 4.69) is 20.3 Å². The second kappa shape index (κ2) is 6.64. The zero-order valence-electron chi connectivity index (χ0n) is 13.8. The van der Waals surface area contributed by atoms with E-state index in [0.717, 1.165) is 0 Å². The van der Waals surface area contributed by atoms with Gasteiger partial charge in [0, 0.05) is 24.7 Å². The number of halogens is 1. The van der Waals surface area contributed by atoms with Gasteiger partial charge in [0.05, 0.1) is 29.7 Å². The molecule has 1 atom stereocenters. The number of carbonyl (C=O) groups is 1. The fourth-order valence-corrected chi connectivity index (χ4v) is 2.99. The van der Waals surface area contributed by atoms with Crippen LogP contribution in [-0.4, -0.2) is 45.2 Å². The highest BCUT2D eigenvalue weighted by Gasteiger charge is 2.22. The van der Waals surface area contributed by atoms with Gasteiger partial charge < -0.3 is 15.3 Å². The Bertz CT molecular complexity index is 963. The van der Waals surface area contributed by atoms with E-state index in [-0.39, 0.29) is 17.5 Å². The average Bonchev–Trinajstić information content (AvgIpc) is 3.08. The zero-order valence-corrected chi connectivity index (χ0v) is 13.8. The highest BCUT2D eigenvalue weighted by atomic mass is 19.1. The molecular formula is C18H16FN5O2. The number of hydrogen-bond donors (Lipinski definition) is 2. The van der Waals surface area contributed by atoms with Gasteiger partial charge in [0.25, 0.3) is 5.91 Å². The summed E-state index contributed by atoms with van der Waals surface area (Å²) < 4.78 is 13.8. The molecule has 0 unspecified atom stereocenters. The van der Waals surface area contributed by atoms with E-state index in [1.807, 2.05) is 4.90 Å². The highest BCUT2D eigenvalue weighted by molar-refractivity contribution is 6.07. The summed E-state index contributed by atoms with van der Waals surface area (Å²) in [6.45, 7) is 1.20. The number of rotatable bonds is 3. The summed E-state index contributed by atoms with van der Waals surface area (Å²) in [7, 11) is 0. The second-order valence-electron chi connectivity index (χ2n) is 6.13. The first-order valence-corrected chi connectivity index (χ1v) is 8.21. The number of amides is 1. The molecule has 3 aromatic rings. The summed E-state index contributed by atoms with van der Waals surface area (Å²) in [6.07, 6.45) is 4.76. The first-order chi connectivity index (χ1) is 12.6. The second-order valence-corrected chi connectivity index (χ2v) is 6.13. The van der Waals surface area contributed by atoms with Crippen LogP contribution >= 0.6 is 0 Å². The summed E-state index contributed by atoms with van der Waals surface area (Å²) in [5.74, 6) is -0.353. The number of benzene rings is 1. The number of aliphatic hydroxyl groups excluding tert-OH is 1. The molecule has 1 saturated heterocycles. The molecule has 0 spiro atoms. The van der Waals surface area contributed by atoms with Gasteiger partial charge in [0.1, 0.15) is 17.3 Å². The van der Waals surface area contributed by atoms with E-state index in [9.17, 15) is 14.3 Å². The molecule has 1 fully saturated rings. The summed E-state index contributed by atoms with van der Waals surface area (Å²) >= 11 is 0. The van der Waals surface area contributed by atoms with Crippen LogP contribution in [0.4, 0.5) is 15.9 Å². The monoisotopic (exact) mass is 353 g/mol. The third kappa shape index (κ3) is 3.18. The van der Waals surface area contributed by atoms with Crippen molar-refractivity contribution in [2.24, 2.45) is 0 Å². The Labute approximate surface area is 148 Å². The highest BCUT2D eigenvalue weighted by Crippen LogP contribution is 2.23. The van der Waals surface area contributed by atoms with E-state index in [1.165, 1.54) is 24.5 Å². The van der Waals surface area contributed by atoms with Gasteiger partial charge in [0.15, 0.2) is 0 Å². The molecule has 2 aromatic heterocycles. The van der Waals surface area contributed by atoms with Gasteiger partial charge in [0.2, 0.25) is 0 Å². The minimum atomic E-state index is -0.497. The molecule has 0 bridgehead atoms. The lowest BCUT2D eigenvalue weighted by molar-refractivity contribution is 0.102. The van der Waals surface area contributed by atoms with Crippen molar-refractivity contribution in [3.05, 3.63) is 54.4 Å². The maximum atomic E-state index is 13.8. The summed E-state index contributed by atoms with van der Waals surface area (Å²) in [6, 6.07) is 6.00. The minimum Gasteiger partial charge on any atom is -0.391 e. The molecule has 8 heteroatoms. The maximum absolute atomic E-state index is 13.8. The number of hydrogen-bond acceptors (Lipinski definition) is 6. The van der Waals surface area contributed by atoms with Gasteiger partial charge in [-0.3, -0.25) is 9.78 Å². The van der Waals surface area contributed by atoms with Crippen LogP contribution in [0.15, 0.2) is 42.9 Å². The van der Waals surface area contributed by atoms with Crippen LogP contribution in [0.2, 0.25) is 0 Å². The third-order valence-corrected chi connectivity index (χ3v) is 4.28. The van der Waals surface area contributed by atoms with Crippen LogP contribution in [0, 0.1) is 5.82 Å². The molecule has 1 aliphatic heterocycles. The SMILES string of the molecule is O=C(Nc1cc(F)cc2cccnc12)c1cnc(N2CC[C@H](O)C2)cn1. The standard InChI is InChI=1S/C18H16FN5O2/c19-12-6-11-2-1-4-20-17(11)14(7-12)23-18(26)15-8-22-16(9-21-15)24-5-3-13(25)10-24/h1-2,4,6-9,13,25H,3,5,10H2,(H,23,26)/t13-/m0/s1. The Morgan fingerprint density at radius 1 is 1.27 bits per heavy atom. The van der Waals surface area contributed by atoms with Crippen LogP contribution in [0.25, 0.3) is 10.9 Å². The van der Waals surface area contributed by atoms with E-state index in [0.29, 0.717) is 36.2 Å². The fourth-order valence-electron chi connectivity index (χ4n) is 2.99. The number of anilines is 2. The number of aliphatic hydroxyl groups is 1. The van der Waals surface area contributed by atoms with Gasteiger partial charge in [-0.05, 0) is 24.6 Å². The van der Waals surface area contributed by atoms with E-state index >= 15 is 0 Å². The van der Waals surface area contributed by atoms with E-state index in [1.54, 1.807) is 18.3 Å². The molecule has 2 N–H and O–H groups in total. The molecule has 1 aliphatic rings. The predicted octanol–water partition coefficient (Wildman–Crippen LogP) is 1.99. The lowest BCUT2D eigenvalue weighted by Gasteiger charge is -2.16. The average molecular weight is 353 g/mol. The molecule has 132 valence electrons. The Morgan fingerprint density at radius 2 is 2.15 bits per heavy atom. The van der Waals surface area contributed by atoms with Gasteiger partial charge in [-0.15, -0.1) is 0 Å². The molecule has 4 rings (SSSR count). The molecule has 0 radical (unpaired) electrons. The van der Waals surface area contributed by atoms with Crippen molar-refractivity contribution in [1.82, 2.24) is 15.0 Å². The molecule has 3 heterocycles. The number of β-amino-alcohol motifs (C(OH)–C–C–N with tert-alkyl or cyclic N) is 1. The topological polar surface area (TPSA) is 91.2 Å². The summed E-state index contributed by atoms with van der Waals surface area (Å²) in [5, 5.41) is 12.8. The van der Waals surface area contributed by atoms with Crippen LogP contribution in [0.1, 0.15) is 16.9 Å². The van der Waals surface area contributed by atoms with Crippen molar-refractivity contribution in [3.8, 4) is 0 Å². The molecule has 7 nitrogen and oxygen atoms in total. The maximum Gasteiger partial charge on any atom is 0.275 e. The number of nitrogens with one attached hydrogen (secondary N) is 1. The lowest BCUT2D eigenvalue weighted by Crippen LogP contribution is -2.23. The molecule has 0 saturated carbocycles. The Kier molecular flexibility index (Phi) is 4.18. The normalized spacial score (nSPS) is 16.8. The van der Waals surface area contributed by atoms with Crippen LogP contribution < -0.4 is 10.2 Å². The minimum absolute atomic E-state index is 0.113. The Hall–Kier alpha value is -3.13. The number of pyridine rings is 1. The van der Waals surface area contributed by atoms with Crippen molar-refractivity contribution in [2.45, 2.75) is 12.5 Å². The number of fused-ring (bicyclic) bond motifs is 1. The largest absolute Gasteiger partial charge is 0.391 e. The van der Waals surface area contributed by atoms with Crippen LogP contribution in [0.3, 0.4) is 0 Å². The van der Waals surface area contributed by atoms with Crippen molar-refractivity contribution in [3.63, 3.8) is 0 Å². The quantitative estimate of drug-likeness (QED) is 0.748. The Morgan fingerprint density at radius 3 is 2.88 bits per heavy atom. The van der Waals surface area contributed by atoms with Crippen molar-refractivity contribution >= 4 is 28.3 Å². The smallest absolute Gasteiger partial charge is 0.275 e. The zero-order chi connectivity index (χ0) is 18.1. The van der Waals surface area contributed by atoms with Crippen molar-refractivity contribution in [2.75, 3.05) is 23.3 Å². The number of nitrogens with zero attached hydrogens (tertiary/aromatic N) is 4. The third-order valence-electron chi connectivity index (χ3n) is 4.28. The fraction of sp³-hybridized carbons (Fsp3) is 0.222. The predicted molar refractivity (Wildman–Crippen MR) is 94.5 cm³/mol. The summed E-state index contributed by atoms with van der Waals surface area (Å²) in [4.78, 5) is 26.9. The lowest BCUT2D eigenvalue weighted by atomic mass is 10.2. The van der Waals surface area contributed by atoms with Crippen molar-refractivity contribution < 1.29 is 14.3 Å². The van der Waals surface area contributed by atoms with Crippen LogP contribution in [0.5, 0.6) is 0 Å².